The van der Waals surface area contributed by atoms with E-state index in [1.54, 1.807) is 7.05 Å². The third kappa shape index (κ3) is 4.70. The summed E-state index contributed by atoms with van der Waals surface area (Å²) in [6.07, 6.45) is 4.09. The summed E-state index contributed by atoms with van der Waals surface area (Å²) in [4.78, 5) is 40.0. The van der Waals surface area contributed by atoms with Crippen LogP contribution in [0, 0.1) is 11.8 Å². The van der Waals surface area contributed by atoms with E-state index in [1.165, 1.54) is 4.90 Å². The number of amides is 4. The molecule has 2 saturated heterocycles. The second-order valence-electron chi connectivity index (χ2n) is 7.57. The Morgan fingerprint density at radius 2 is 1.92 bits per heavy atom. The number of likely N-dealkylation sites (tertiary alicyclic amines) is 1. The van der Waals surface area contributed by atoms with Gasteiger partial charge in [0.2, 0.25) is 5.91 Å². The van der Waals surface area contributed by atoms with Crippen molar-refractivity contribution in [3.63, 3.8) is 0 Å². The highest BCUT2D eigenvalue weighted by Crippen LogP contribution is 2.33. The first kappa shape index (κ1) is 18.1. The molecule has 8 heteroatoms. The number of nitrogens with zero attached hydrogens (tertiary/aromatic N) is 3. The Morgan fingerprint density at radius 1 is 1.24 bits per heavy atom. The van der Waals surface area contributed by atoms with Crippen molar-refractivity contribution >= 4 is 17.8 Å². The lowest BCUT2D eigenvalue weighted by Gasteiger charge is -2.33. The minimum Gasteiger partial charge on any atom is -0.392 e. The molecule has 0 spiro atoms. The fourth-order valence-electron chi connectivity index (χ4n) is 3.55. The van der Waals surface area contributed by atoms with Crippen LogP contribution in [0.2, 0.25) is 0 Å². The molecule has 3 fully saturated rings. The van der Waals surface area contributed by atoms with Crippen LogP contribution in [0.25, 0.3) is 0 Å². The predicted molar refractivity (Wildman–Crippen MR) is 90.6 cm³/mol. The highest BCUT2D eigenvalue weighted by Gasteiger charge is 2.35. The van der Waals surface area contributed by atoms with Crippen molar-refractivity contribution < 1.29 is 19.5 Å². The summed E-state index contributed by atoms with van der Waals surface area (Å²) in [6, 6.07) is -0.414. The predicted octanol–water partition coefficient (Wildman–Crippen LogP) is -0.520. The van der Waals surface area contributed by atoms with Crippen molar-refractivity contribution in [2.75, 3.05) is 46.3 Å². The largest absolute Gasteiger partial charge is 0.392 e. The van der Waals surface area contributed by atoms with E-state index >= 15 is 0 Å². The zero-order valence-electron chi connectivity index (χ0n) is 14.8. The maximum Gasteiger partial charge on any atom is 0.327 e. The number of carbonyl (C=O) groups is 3. The number of aliphatic hydroxyl groups excluding tert-OH is 1. The molecule has 0 aromatic rings. The van der Waals surface area contributed by atoms with Gasteiger partial charge in [-0.2, -0.15) is 0 Å². The molecule has 0 aromatic carbocycles. The Balaban J connectivity index is 1.33. The van der Waals surface area contributed by atoms with Crippen molar-refractivity contribution in [3.05, 3.63) is 0 Å². The molecular weight excluding hydrogens is 324 g/mol. The second-order valence-corrected chi connectivity index (χ2v) is 7.57. The van der Waals surface area contributed by atoms with Crippen LogP contribution in [0.5, 0.6) is 0 Å². The zero-order valence-corrected chi connectivity index (χ0v) is 14.8. The van der Waals surface area contributed by atoms with Crippen LogP contribution in [-0.4, -0.2) is 90.1 Å². The average molecular weight is 352 g/mol. The summed E-state index contributed by atoms with van der Waals surface area (Å²) in [7, 11) is 1.55. The van der Waals surface area contributed by atoms with E-state index in [9.17, 15) is 19.5 Å². The smallest absolute Gasteiger partial charge is 0.327 e. The van der Waals surface area contributed by atoms with Gasteiger partial charge in [-0.25, -0.2) is 4.79 Å². The van der Waals surface area contributed by atoms with Crippen molar-refractivity contribution in [2.45, 2.75) is 31.8 Å². The molecule has 0 bridgehead atoms. The SMILES string of the molecule is CN1CC(=O)N(CC(=O)NCC2CCN(CC(O)C3CC3)CC2)C1=O. The summed E-state index contributed by atoms with van der Waals surface area (Å²) in [5, 5.41) is 12.9. The lowest BCUT2D eigenvalue weighted by molar-refractivity contribution is -0.130. The lowest BCUT2D eigenvalue weighted by atomic mass is 9.96. The zero-order chi connectivity index (χ0) is 18.0. The summed E-state index contributed by atoms with van der Waals surface area (Å²) in [6.45, 7) is 3.06. The van der Waals surface area contributed by atoms with Crippen LogP contribution in [0.3, 0.4) is 0 Å². The standard InChI is InChI=1S/C17H28N4O4/c1-19-11-16(24)21(17(19)25)10-15(23)18-8-12-4-6-20(7-5-12)9-14(22)13-2-3-13/h12-14,22H,2-11H2,1H3,(H,18,23). The van der Waals surface area contributed by atoms with Crippen LogP contribution in [-0.2, 0) is 9.59 Å². The maximum atomic E-state index is 12.0. The number of nitrogens with one attached hydrogen (secondary N) is 1. The topological polar surface area (TPSA) is 93.2 Å². The molecule has 2 aliphatic heterocycles. The van der Waals surface area contributed by atoms with Crippen molar-refractivity contribution in [3.8, 4) is 0 Å². The average Bonchev–Trinajstić information content (AvgIpc) is 3.40. The molecule has 1 atom stereocenters. The van der Waals surface area contributed by atoms with Gasteiger partial charge >= 0.3 is 6.03 Å². The van der Waals surface area contributed by atoms with E-state index in [0.29, 0.717) is 18.4 Å². The van der Waals surface area contributed by atoms with Gasteiger partial charge in [0.1, 0.15) is 13.1 Å². The number of hydrogen-bond donors (Lipinski definition) is 2. The minimum atomic E-state index is -0.414. The van der Waals surface area contributed by atoms with E-state index in [1.807, 2.05) is 0 Å². The summed E-state index contributed by atoms with van der Waals surface area (Å²) >= 11 is 0. The van der Waals surface area contributed by atoms with E-state index in [0.717, 1.165) is 50.2 Å². The van der Waals surface area contributed by atoms with Gasteiger partial charge in [0.15, 0.2) is 0 Å². The van der Waals surface area contributed by atoms with Gasteiger partial charge in [0, 0.05) is 20.1 Å². The first-order valence-corrected chi connectivity index (χ1v) is 9.16. The quantitative estimate of drug-likeness (QED) is 0.602. The third-order valence-electron chi connectivity index (χ3n) is 5.44. The van der Waals surface area contributed by atoms with Gasteiger partial charge in [-0.1, -0.05) is 0 Å². The van der Waals surface area contributed by atoms with Crippen LogP contribution < -0.4 is 5.32 Å². The molecule has 25 heavy (non-hydrogen) atoms. The molecule has 8 nitrogen and oxygen atoms in total. The monoisotopic (exact) mass is 352 g/mol. The van der Waals surface area contributed by atoms with Crippen molar-refractivity contribution in [2.24, 2.45) is 11.8 Å². The van der Waals surface area contributed by atoms with Crippen LogP contribution in [0.15, 0.2) is 0 Å². The van der Waals surface area contributed by atoms with Gasteiger partial charge in [-0.3, -0.25) is 14.5 Å². The molecular formula is C17H28N4O4. The van der Waals surface area contributed by atoms with Gasteiger partial charge in [-0.15, -0.1) is 0 Å². The number of β-amino-alcohol motifs (C(OH)–C–C–N with tert-alkyl or cyclic N) is 1. The van der Waals surface area contributed by atoms with E-state index in [4.69, 9.17) is 0 Å². The number of imide groups is 1. The van der Waals surface area contributed by atoms with E-state index in [2.05, 4.69) is 10.2 Å². The van der Waals surface area contributed by atoms with Crippen LogP contribution in [0.4, 0.5) is 4.79 Å². The molecule has 4 amide bonds. The molecule has 1 unspecified atom stereocenters. The third-order valence-corrected chi connectivity index (χ3v) is 5.44. The number of rotatable bonds is 7. The van der Waals surface area contributed by atoms with Crippen molar-refractivity contribution in [1.82, 2.24) is 20.0 Å². The fraction of sp³-hybridized carbons (Fsp3) is 0.824. The number of likely N-dealkylation sites (N-methyl/N-ethyl adjacent to an activating group) is 1. The molecule has 0 aromatic heterocycles. The molecule has 2 heterocycles. The molecule has 2 N–H and O–H groups in total. The molecule has 3 aliphatic rings. The number of hydrogen-bond acceptors (Lipinski definition) is 5. The number of piperidine rings is 1. The van der Waals surface area contributed by atoms with Gasteiger partial charge in [-0.05, 0) is 50.6 Å². The first-order valence-electron chi connectivity index (χ1n) is 9.16. The van der Waals surface area contributed by atoms with Crippen molar-refractivity contribution in [1.29, 1.82) is 0 Å². The van der Waals surface area contributed by atoms with E-state index in [-0.39, 0.29) is 31.0 Å². The molecule has 1 aliphatic carbocycles. The molecule has 0 radical (unpaired) electrons. The minimum absolute atomic E-state index is 0.0390. The normalized spacial score (nSPS) is 24.1. The fourth-order valence-corrected chi connectivity index (χ4v) is 3.55. The Bertz CT molecular complexity index is 529. The van der Waals surface area contributed by atoms with Gasteiger partial charge in [0.05, 0.1) is 6.10 Å². The van der Waals surface area contributed by atoms with Crippen LogP contribution in [0.1, 0.15) is 25.7 Å². The summed E-state index contributed by atoms with van der Waals surface area (Å²) < 4.78 is 0. The highest BCUT2D eigenvalue weighted by molar-refractivity contribution is 6.04. The van der Waals surface area contributed by atoms with Gasteiger partial charge < -0.3 is 20.2 Å². The highest BCUT2D eigenvalue weighted by atomic mass is 16.3. The number of aliphatic hydroxyl groups is 1. The number of carbonyl (C=O) groups excluding carboxylic acids is 3. The van der Waals surface area contributed by atoms with Gasteiger partial charge in [0.25, 0.3) is 5.91 Å². The summed E-state index contributed by atoms with van der Waals surface area (Å²) in [5.74, 6) is 0.298. The Labute approximate surface area is 148 Å². The van der Waals surface area contributed by atoms with E-state index < -0.39 is 6.03 Å². The molecule has 1 saturated carbocycles. The summed E-state index contributed by atoms with van der Waals surface area (Å²) in [5.41, 5.74) is 0. The first-order chi connectivity index (χ1) is 11.9. The molecule has 140 valence electrons. The Morgan fingerprint density at radius 3 is 2.48 bits per heavy atom. The van der Waals surface area contributed by atoms with Crippen LogP contribution >= 0.6 is 0 Å². The lowest BCUT2D eigenvalue weighted by Crippen LogP contribution is -2.44. The maximum absolute atomic E-state index is 12.0. The second kappa shape index (κ2) is 7.70. The Hall–Kier alpha value is -1.67. The Kier molecular flexibility index (Phi) is 5.58. The molecule has 3 rings (SSSR count). The number of urea groups is 1.